The summed E-state index contributed by atoms with van der Waals surface area (Å²) in [4.78, 5) is 5.01. The van der Waals surface area contributed by atoms with Crippen LogP contribution in [0.5, 0.6) is 0 Å². The molecule has 3 N–H and O–H groups in total. The molecule has 1 heterocycles. The highest BCUT2D eigenvalue weighted by Crippen LogP contribution is 2.21. The minimum atomic E-state index is 0.178. The Balaban J connectivity index is 2.42. The molecule has 0 aromatic heterocycles. The minimum Gasteiger partial charge on any atom is -0.329 e. The fraction of sp³-hybridized carbons (Fsp3) is 1.00. The summed E-state index contributed by atoms with van der Waals surface area (Å²) in [7, 11) is 0. The van der Waals surface area contributed by atoms with E-state index < -0.39 is 0 Å². The van der Waals surface area contributed by atoms with Gasteiger partial charge in [-0.2, -0.15) is 0 Å². The number of hydrogen-bond acceptors (Lipinski definition) is 4. The van der Waals surface area contributed by atoms with Gasteiger partial charge in [-0.3, -0.25) is 0 Å². The van der Waals surface area contributed by atoms with E-state index in [2.05, 4.69) is 35.9 Å². The highest BCUT2D eigenvalue weighted by molar-refractivity contribution is 4.92. The predicted octanol–water partition coefficient (Wildman–Crippen LogP) is 1.12. The van der Waals surface area contributed by atoms with Gasteiger partial charge in [0.15, 0.2) is 0 Å². The molecule has 0 saturated carbocycles. The van der Waals surface area contributed by atoms with Crippen molar-refractivity contribution in [2.75, 3.05) is 52.4 Å². The van der Waals surface area contributed by atoms with E-state index in [1.165, 1.54) is 38.9 Å². The highest BCUT2D eigenvalue weighted by atomic mass is 15.2. The van der Waals surface area contributed by atoms with Crippen LogP contribution >= 0.6 is 0 Å². The van der Waals surface area contributed by atoms with Gasteiger partial charge in [-0.05, 0) is 52.0 Å². The molecule has 0 radical (unpaired) electrons. The second-order valence-electron chi connectivity index (χ2n) is 5.73. The van der Waals surface area contributed by atoms with Crippen molar-refractivity contribution in [2.45, 2.75) is 45.6 Å². The van der Waals surface area contributed by atoms with E-state index in [1.807, 2.05) is 0 Å². The second kappa shape index (κ2) is 8.90. The maximum atomic E-state index is 6.08. The minimum absolute atomic E-state index is 0.178. The van der Waals surface area contributed by atoms with Crippen LogP contribution in [0, 0.1) is 0 Å². The summed E-state index contributed by atoms with van der Waals surface area (Å²) in [5.74, 6) is 0. The van der Waals surface area contributed by atoms with Gasteiger partial charge in [-0.1, -0.05) is 20.8 Å². The fourth-order valence-electron chi connectivity index (χ4n) is 3.04. The zero-order valence-corrected chi connectivity index (χ0v) is 13.2. The molecule has 1 unspecified atom stereocenters. The molecule has 0 amide bonds. The highest BCUT2D eigenvalue weighted by Gasteiger charge is 2.30. The molecule has 1 saturated heterocycles. The molecule has 4 heteroatoms. The van der Waals surface area contributed by atoms with E-state index in [1.54, 1.807) is 0 Å². The number of hydrogen-bond donors (Lipinski definition) is 2. The molecular weight excluding hydrogens is 236 g/mol. The van der Waals surface area contributed by atoms with Gasteiger partial charge in [0.05, 0.1) is 0 Å². The Labute approximate surface area is 119 Å². The van der Waals surface area contributed by atoms with E-state index in [0.717, 1.165) is 32.7 Å². The van der Waals surface area contributed by atoms with Gasteiger partial charge < -0.3 is 20.9 Å². The zero-order valence-electron chi connectivity index (χ0n) is 13.2. The lowest BCUT2D eigenvalue weighted by atomic mass is 9.90. The SMILES string of the molecule is CCN(CC)CCNC1(CN)CCCN(CC)CC1. The van der Waals surface area contributed by atoms with Gasteiger partial charge in [-0.15, -0.1) is 0 Å². The molecule has 1 rings (SSSR count). The molecule has 0 spiro atoms. The summed E-state index contributed by atoms with van der Waals surface area (Å²) in [5.41, 5.74) is 6.26. The van der Waals surface area contributed by atoms with Gasteiger partial charge in [0, 0.05) is 25.2 Å². The summed E-state index contributed by atoms with van der Waals surface area (Å²) in [6.45, 7) is 15.5. The normalized spacial score (nSPS) is 25.7. The molecule has 19 heavy (non-hydrogen) atoms. The summed E-state index contributed by atoms with van der Waals surface area (Å²) in [6.07, 6.45) is 3.68. The van der Waals surface area contributed by atoms with E-state index in [0.29, 0.717) is 0 Å². The van der Waals surface area contributed by atoms with Crippen molar-refractivity contribution < 1.29 is 0 Å². The molecule has 4 nitrogen and oxygen atoms in total. The molecule has 0 aliphatic carbocycles. The van der Waals surface area contributed by atoms with Crippen LogP contribution in [0.3, 0.4) is 0 Å². The first-order chi connectivity index (χ1) is 9.19. The van der Waals surface area contributed by atoms with Crippen LogP contribution in [-0.4, -0.2) is 67.7 Å². The fourth-order valence-corrected chi connectivity index (χ4v) is 3.04. The largest absolute Gasteiger partial charge is 0.329 e. The van der Waals surface area contributed by atoms with E-state index in [9.17, 15) is 0 Å². The average Bonchev–Trinajstić information content (AvgIpc) is 2.66. The Bertz CT molecular complexity index is 230. The van der Waals surface area contributed by atoms with Crippen LogP contribution in [0.2, 0.25) is 0 Å². The van der Waals surface area contributed by atoms with Crippen LogP contribution in [0.1, 0.15) is 40.0 Å². The number of likely N-dealkylation sites (N-methyl/N-ethyl adjacent to an activating group) is 1. The lowest BCUT2D eigenvalue weighted by Gasteiger charge is -2.34. The molecular formula is C15H34N4. The van der Waals surface area contributed by atoms with Crippen molar-refractivity contribution in [2.24, 2.45) is 5.73 Å². The predicted molar refractivity (Wildman–Crippen MR) is 83.5 cm³/mol. The quantitative estimate of drug-likeness (QED) is 0.694. The second-order valence-corrected chi connectivity index (χ2v) is 5.73. The first-order valence-electron chi connectivity index (χ1n) is 8.09. The topological polar surface area (TPSA) is 44.5 Å². The van der Waals surface area contributed by atoms with Crippen LogP contribution in [-0.2, 0) is 0 Å². The van der Waals surface area contributed by atoms with Crippen molar-refractivity contribution >= 4 is 0 Å². The Kier molecular flexibility index (Phi) is 7.91. The van der Waals surface area contributed by atoms with E-state index >= 15 is 0 Å². The number of likely N-dealkylation sites (tertiary alicyclic amines) is 1. The first-order valence-corrected chi connectivity index (χ1v) is 8.09. The Morgan fingerprint density at radius 3 is 2.47 bits per heavy atom. The standard InChI is InChI=1S/C15H34N4/c1-4-18(5-2)13-10-17-15(14-16)8-7-11-19(6-3)12-9-15/h17H,4-14,16H2,1-3H3. The molecule has 1 aliphatic heterocycles. The van der Waals surface area contributed by atoms with Gasteiger partial charge in [0.25, 0.3) is 0 Å². The van der Waals surface area contributed by atoms with Crippen LogP contribution in [0.25, 0.3) is 0 Å². The Hall–Kier alpha value is -0.160. The van der Waals surface area contributed by atoms with E-state index in [4.69, 9.17) is 5.73 Å². The maximum Gasteiger partial charge on any atom is 0.0317 e. The summed E-state index contributed by atoms with van der Waals surface area (Å²) < 4.78 is 0. The van der Waals surface area contributed by atoms with E-state index in [-0.39, 0.29) is 5.54 Å². The first kappa shape index (κ1) is 16.9. The molecule has 0 aromatic rings. The van der Waals surface area contributed by atoms with Gasteiger partial charge >= 0.3 is 0 Å². The van der Waals surface area contributed by atoms with Crippen LogP contribution in [0.15, 0.2) is 0 Å². The number of nitrogens with two attached hydrogens (primary N) is 1. The Morgan fingerprint density at radius 1 is 1.16 bits per heavy atom. The lowest BCUT2D eigenvalue weighted by Crippen LogP contribution is -2.53. The molecule has 1 atom stereocenters. The molecule has 0 bridgehead atoms. The smallest absolute Gasteiger partial charge is 0.0317 e. The lowest BCUT2D eigenvalue weighted by molar-refractivity contribution is 0.243. The molecule has 1 fully saturated rings. The van der Waals surface area contributed by atoms with Crippen LogP contribution < -0.4 is 11.1 Å². The number of rotatable bonds is 8. The third-order valence-electron chi connectivity index (χ3n) is 4.70. The third kappa shape index (κ3) is 5.38. The third-order valence-corrected chi connectivity index (χ3v) is 4.70. The van der Waals surface area contributed by atoms with Crippen molar-refractivity contribution in [3.05, 3.63) is 0 Å². The zero-order chi connectivity index (χ0) is 14.1. The van der Waals surface area contributed by atoms with Crippen molar-refractivity contribution in [3.63, 3.8) is 0 Å². The summed E-state index contributed by atoms with van der Waals surface area (Å²) >= 11 is 0. The maximum absolute atomic E-state index is 6.08. The van der Waals surface area contributed by atoms with Crippen molar-refractivity contribution in [3.8, 4) is 0 Å². The summed E-state index contributed by atoms with van der Waals surface area (Å²) in [5, 5.41) is 3.78. The Morgan fingerprint density at radius 2 is 1.89 bits per heavy atom. The van der Waals surface area contributed by atoms with Gasteiger partial charge in [0.1, 0.15) is 0 Å². The number of nitrogens with zero attached hydrogens (tertiary/aromatic N) is 2. The molecule has 1 aliphatic rings. The van der Waals surface area contributed by atoms with Gasteiger partial charge in [0.2, 0.25) is 0 Å². The average molecular weight is 270 g/mol. The molecule has 114 valence electrons. The van der Waals surface area contributed by atoms with Crippen molar-refractivity contribution in [1.82, 2.24) is 15.1 Å². The summed E-state index contributed by atoms with van der Waals surface area (Å²) in [6, 6.07) is 0. The number of nitrogens with one attached hydrogen (secondary N) is 1. The van der Waals surface area contributed by atoms with Crippen molar-refractivity contribution in [1.29, 1.82) is 0 Å². The molecule has 0 aromatic carbocycles. The van der Waals surface area contributed by atoms with Crippen LogP contribution in [0.4, 0.5) is 0 Å². The monoisotopic (exact) mass is 270 g/mol. The van der Waals surface area contributed by atoms with Gasteiger partial charge in [-0.25, -0.2) is 0 Å².